The van der Waals surface area contributed by atoms with E-state index in [0.717, 1.165) is 25.9 Å². The number of amides is 1. The van der Waals surface area contributed by atoms with Crippen molar-refractivity contribution in [1.82, 2.24) is 24.9 Å². The van der Waals surface area contributed by atoms with Gasteiger partial charge in [-0.05, 0) is 32.9 Å². The van der Waals surface area contributed by atoms with Gasteiger partial charge in [-0.2, -0.15) is 0 Å². The van der Waals surface area contributed by atoms with Crippen LogP contribution in [0.3, 0.4) is 0 Å². The van der Waals surface area contributed by atoms with Crippen LogP contribution in [0.5, 0.6) is 0 Å². The second-order valence-electron chi connectivity index (χ2n) is 6.84. The van der Waals surface area contributed by atoms with Gasteiger partial charge >= 0.3 is 0 Å². The summed E-state index contributed by atoms with van der Waals surface area (Å²) in [6.07, 6.45) is 3.40. The first-order chi connectivity index (χ1) is 12.3. The highest BCUT2D eigenvalue weighted by Gasteiger charge is 2.32. The van der Waals surface area contributed by atoms with Crippen LogP contribution in [0.1, 0.15) is 25.1 Å². The molecule has 1 amide bonds. The van der Waals surface area contributed by atoms with Crippen molar-refractivity contribution >= 4 is 15.9 Å². The van der Waals surface area contributed by atoms with Gasteiger partial charge in [-0.3, -0.25) is 4.79 Å². The fourth-order valence-corrected chi connectivity index (χ4v) is 4.11. The summed E-state index contributed by atoms with van der Waals surface area (Å²) < 4.78 is 33.7. The molecule has 2 heterocycles. The van der Waals surface area contributed by atoms with Gasteiger partial charge < -0.3 is 19.9 Å². The second kappa shape index (κ2) is 8.94. The number of imidazole rings is 1. The minimum Gasteiger partial charge on any atom is -0.384 e. The summed E-state index contributed by atoms with van der Waals surface area (Å²) in [6.45, 7) is 4.70. The molecule has 1 aliphatic rings. The Morgan fingerprint density at radius 2 is 2.12 bits per heavy atom. The zero-order valence-electron chi connectivity index (χ0n) is 15.7. The summed E-state index contributed by atoms with van der Waals surface area (Å²) in [5.74, 6) is 0.424. The maximum absolute atomic E-state index is 12.2. The van der Waals surface area contributed by atoms with Crippen molar-refractivity contribution in [2.24, 2.45) is 12.5 Å². The Bertz CT molecular complexity index is 685. The average molecular weight is 388 g/mol. The van der Waals surface area contributed by atoms with Crippen LogP contribution in [0.15, 0.2) is 11.2 Å². The largest absolute Gasteiger partial charge is 0.384 e. The number of aromatic nitrogens is 2. The molecule has 1 aromatic rings. The minimum atomic E-state index is -3.70. The number of ether oxygens (including phenoxy) is 1. The van der Waals surface area contributed by atoms with Crippen LogP contribution in [0, 0.1) is 12.3 Å². The Balaban J connectivity index is 1.79. The van der Waals surface area contributed by atoms with Gasteiger partial charge in [0.1, 0.15) is 5.82 Å². The SMILES string of the molecule is COCC1(CNC(=O)CCNS(=O)(=O)c2cn(C)c(C)n2)CCNCC1. The third kappa shape index (κ3) is 5.50. The van der Waals surface area contributed by atoms with Crippen LogP contribution in [0.4, 0.5) is 0 Å². The first kappa shape index (κ1) is 20.8. The van der Waals surface area contributed by atoms with E-state index in [-0.39, 0.29) is 29.3 Å². The van der Waals surface area contributed by atoms with Crippen LogP contribution >= 0.6 is 0 Å². The van der Waals surface area contributed by atoms with Crippen molar-refractivity contribution in [3.05, 3.63) is 12.0 Å². The molecule has 1 fully saturated rings. The Morgan fingerprint density at radius 1 is 1.42 bits per heavy atom. The zero-order valence-corrected chi connectivity index (χ0v) is 16.5. The molecule has 2 rings (SSSR count). The molecule has 3 N–H and O–H groups in total. The Labute approximate surface area is 154 Å². The van der Waals surface area contributed by atoms with E-state index in [1.54, 1.807) is 25.6 Å². The van der Waals surface area contributed by atoms with Crippen LogP contribution in [0.2, 0.25) is 0 Å². The van der Waals surface area contributed by atoms with Crippen LogP contribution in [-0.4, -0.2) is 63.8 Å². The van der Waals surface area contributed by atoms with Crippen molar-refractivity contribution in [3.63, 3.8) is 0 Å². The zero-order chi connectivity index (χ0) is 19.2. The molecular formula is C16H29N5O4S. The Kier molecular flexibility index (Phi) is 7.16. The lowest BCUT2D eigenvalue weighted by Gasteiger charge is -2.37. The third-order valence-electron chi connectivity index (χ3n) is 4.78. The minimum absolute atomic E-state index is 0.0304. The number of sulfonamides is 1. The quantitative estimate of drug-likeness (QED) is 0.528. The molecule has 0 aliphatic carbocycles. The first-order valence-corrected chi connectivity index (χ1v) is 10.2. The number of nitrogens with one attached hydrogen (secondary N) is 3. The van der Waals surface area contributed by atoms with Gasteiger partial charge in [0.05, 0.1) is 6.61 Å². The number of methoxy groups -OCH3 is 1. The molecule has 1 aliphatic heterocycles. The van der Waals surface area contributed by atoms with Crippen molar-refractivity contribution < 1.29 is 17.9 Å². The molecule has 10 heteroatoms. The molecule has 0 saturated carbocycles. The number of rotatable bonds is 9. The standard InChI is InChI=1S/C16H29N5O4S/c1-13-20-15(10-21(13)2)26(23,24)19-7-4-14(22)18-11-16(12-25-3)5-8-17-9-6-16/h10,17,19H,4-9,11-12H2,1-3H3,(H,18,22). The van der Waals surface area contributed by atoms with Gasteiger partial charge in [0, 0.05) is 45.3 Å². The lowest BCUT2D eigenvalue weighted by molar-refractivity contribution is -0.121. The summed E-state index contributed by atoms with van der Waals surface area (Å²) in [6, 6.07) is 0. The lowest BCUT2D eigenvalue weighted by Crippen LogP contribution is -2.47. The second-order valence-corrected chi connectivity index (χ2v) is 8.56. The highest BCUT2D eigenvalue weighted by Crippen LogP contribution is 2.28. The normalized spacial score (nSPS) is 17.2. The summed E-state index contributed by atoms with van der Waals surface area (Å²) in [4.78, 5) is 16.1. The molecule has 0 spiro atoms. The number of aryl methyl sites for hydroxylation is 2. The molecule has 9 nitrogen and oxygen atoms in total. The molecule has 26 heavy (non-hydrogen) atoms. The Morgan fingerprint density at radius 3 is 2.69 bits per heavy atom. The van der Waals surface area contributed by atoms with E-state index in [0.29, 0.717) is 19.0 Å². The molecule has 0 atom stereocenters. The summed E-state index contributed by atoms with van der Waals surface area (Å²) in [7, 11) is -0.310. The van der Waals surface area contributed by atoms with Crippen molar-refractivity contribution in [1.29, 1.82) is 0 Å². The molecule has 0 bridgehead atoms. The van der Waals surface area contributed by atoms with E-state index in [2.05, 4.69) is 20.3 Å². The van der Waals surface area contributed by atoms with E-state index in [9.17, 15) is 13.2 Å². The number of piperidine rings is 1. The number of carbonyl (C=O) groups excluding carboxylic acids is 1. The summed E-state index contributed by atoms with van der Waals surface area (Å²) in [5.41, 5.74) is -0.0549. The van der Waals surface area contributed by atoms with E-state index in [4.69, 9.17) is 4.74 Å². The molecule has 148 valence electrons. The Hall–Kier alpha value is -1.49. The monoisotopic (exact) mass is 387 g/mol. The van der Waals surface area contributed by atoms with E-state index in [1.807, 2.05) is 0 Å². The molecule has 0 radical (unpaired) electrons. The van der Waals surface area contributed by atoms with E-state index >= 15 is 0 Å². The van der Waals surface area contributed by atoms with Gasteiger partial charge in [-0.1, -0.05) is 0 Å². The maximum Gasteiger partial charge on any atom is 0.259 e. The molecule has 1 aromatic heterocycles. The van der Waals surface area contributed by atoms with Gasteiger partial charge in [0.2, 0.25) is 5.91 Å². The van der Waals surface area contributed by atoms with Gasteiger partial charge in [-0.15, -0.1) is 0 Å². The van der Waals surface area contributed by atoms with Gasteiger partial charge in [0.15, 0.2) is 5.03 Å². The summed E-state index contributed by atoms with van der Waals surface area (Å²) >= 11 is 0. The number of nitrogens with zero attached hydrogens (tertiary/aromatic N) is 2. The molecule has 0 unspecified atom stereocenters. The lowest BCUT2D eigenvalue weighted by atomic mass is 9.79. The van der Waals surface area contributed by atoms with E-state index < -0.39 is 10.0 Å². The highest BCUT2D eigenvalue weighted by molar-refractivity contribution is 7.89. The van der Waals surface area contributed by atoms with Crippen molar-refractivity contribution in [2.75, 3.05) is 39.9 Å². The molecule has 1 saturated heterocycles. The van der Waals surface area contributed by atoms with Gasteiger partial charge in [0.25, 0.3) is 10.0 Å². The average Bonchev–Trinajstić information content (AvgIpc) is 2.94. The number of hydrogen-bond acceptors (Lipinski definition) is 6. The van der Waals surface area contributed by atoms with Crippen molar-refractivity contribution in [3.8, 4) is 0 Å². The number of carbonyl (C=O) groups is 1. The van der Waals surface area contributed by atoms with Gasteiger partial charge in [-0.25, -0.2) is 18.1 Å². The third-order valence-corrected chi connectivity index (χ3v) is 6.11. The highest BCUT2D eigenvalue weighted by atomic mass is 32.2. The topological polar surface area (TPSA) is 114 Å². The molecule has 0 aromatic carbocycles. The smallest absolute Gasteiger partial charge is 0.259 e. The maximum atomic E-state index is 12.2. The number of hydrogen-bond donors (Lipinski definition) is 3. The van der Waals surface area contributed by atoms with Crippen LogP contribution < -0.4 is 15.4 Å². The first-order valence-electron chi connectivity index (χ1n) is 8.74. The fraction of sp³-hybridized carbons (Fsp3) is 0.750. The fourth-order valence-electron chi connectivity index (χ4n) is 3.04. The molecular weight excluding hydrogens is 358 g/mol. The predicted octanol–water partition coefficient (Wildman–Crippen LogP) is -0.471. The predicted molar refractivity (Wildman–Crippen MR) is 97.2 cm³/mol. The van der Waals surface area contributed by atoms with Crippen LogP contribution in [-0.2, 0) is 26.6 Å². The van der Waals surface area contributed by atoms with Crippen molar-refractivity contribution in [2.45, 2.75) is 31.2 Å². The van der Waals surface area contributed by atoms with E-state index in [1.165, 1.54) is 6.20 Å². The summed E-state index contributed by atoms with van der Waals surface area (Å²) in [5, 5.41) is 6.19. The van der Waals surface area contributed by atoms with Crippen LogP contribution in [0.25, 0.3) is 0 Å².